The van der Waals surface area contributed by atoms with Gasteiger partial charge in [0.25, 0.3) is 5.91 Å². The maximum absolute atomic E-state index is 13.7. The van der Waals surface area contributed by atoms with Gasteiger partial charge in [0.05, 0.1) is 38.6 Å². The number of aliphatic hydroxyl groups excluding tert-OH is 2. The number of aliphatic hydroxyl groups is 2. The molecule has 4 aromatic rings. The minimum atomic E-state index is -1.23. The van der Waals surface area contributed by atoms with Crippen LogP contribution in [0.3, 0.4) is 0 Å². The van der Waals surface area contributed by atoms with Crippen molar-refractivity contribution < 1.29 is 24.5 Å². The molecule has 0 saturated carbocycles. The quantitative estimate of drug-likeness (QED) is 0.366. The van der Waals surface area contributed by atoms with Crippen LogP contribution in [0.2, 0.25) is 10.0 Å². The van der Waals surface area contributed by atoms with Gasteiger partial charge in [0.2, 0.25) is 0 Å². The molecule has 0 spiro atoms. The number of ether oxygens (including phenoxy) is 2. The number of nitrogens with zero attached hydrogens (tertiary/aromatic N) is 5. The van der Waals surface area contributed by atoms with Gasteiger partial charge in [-0.1, -0.05) is 34.5 Å². The third-order valence-corrected chi connectivity index (χ3v) is 7.98. The average Bonchev–Trinajstić information content (AvgIpc) is 3.58. The fraction of sp³-hybridized carbons (Fsp3) is 0.333. The number of methoxy groups -OCH3 is 1. The minimum absolute atomic E-state index is 0.361. The van der Waals surface area contributed by atoms with Crippen molar-refractivity contribution in [1.82, 2.24) is 20.0 Å². The number of carbonyl (C=O) groups is 1. The van der Waals surface area contributed by atoms with E-state index in [0.717, 1.165) is 10.2 Å². The molecular formula is C24H23Cl2N5O5S. The van der Waals surface area contributed by atoms with E-state index in [4.69, 9.17) is 32.7 Å². The van der Waals surface area contributed by atoms with Crippen LogP contribution in [0.15, 0.2) is 48.1 Å². The lowest BCUT2D eigenvalue weighted by Crippen LogP contribution is -2.60. The first-order chi connectivity index (χ1) is 17.8. The Bertz CT molecular complexity index is 1430. The molecule has 13 heteroatoms. The summed E-state index contributed by atoms with van der Waals surface area (Å²) in [5, 5.41) is 30.2. The number of likely N-dealkylation sites (N-methyl/N-ethyl adjacent to an activating group) is 1. The average molecular weight is 564 g/mol. The zero-order chi connectivity index (χ0) is 26.3. The van der Waals surface area contributed by atoms with Gasteiger partial charge in [-0.05, 0) is 30.3 Å². The second-order valence-electron chi connectivity index (χ2n) is 8.57. The number of carbonyl (C=O) groups excluding carboxylic acids is 1. The van der Waals surface area contributed by atoms with Crippen LogP contribution in [0, 0.1) is 0 Å². The van der Waals surface area contributed by atoms with Crippen molar-refractivity contribution >= 4 is 56.3 Å². The Kier molecular flexibility index (Phi) is 7.46. The molecule has 1 amide bonds. The molecule has 5 atom stereocenters. The van der Waals surface area contributed by atoms with Crippen LogP contribution in [0.1, 0.15) is 6.04 Å². The zero-order valence-corrected chi connectivity index (χ0v) is 22.1. The van der Waals surface area contributed by atoms with E-state index in [1.54, 1.807) is 43.0 Å². The third kappa shape index (κ3) is 4.84. The molecule has 3 heterocycles. The molecule has 5 rings (SSSR count). The van der Waals surface area contributed by atoms with E-state index in [1.165, 1.54) is 28.0 Å². The molecule has 1 saturated heterocycles. The summed E-state index contributed by atoms with van der Waals surface area (Å²) in [5.74, 6) is -0.407. The monoisotopic (exact) mass is 563 g/mol. The predicted molar refractivity (Wildman–Crippen MR) is 140 cm³/mol. The first-order valence-electron chi connectivity index (χ1n) is 11.3. The maximum Gasteiger partial charge on any atom is 0.258 e. The van der Waals surface area contributed by atoms with Crippen LogP contribution >= 0.6 is 34.5 Å². The van der Waals surface area contributed by atoms with Crippen LogP contribution in [0.4, 0.5) is 5.69 Å². The molecule has 0 aliphatic carbocycles. The number of fused-ring (bicyclic) bond motifs is 1. The fourth-order valence-corrected chi connectivity index (χ4v) is 5.45. The summed E-state index contributed by atoms with van der Waals surface area (Å²) < 4.78 is 13.9. The lowest BCUT2D eigenvalue weighted by atomic mass is 9.91. The van der Waals surface area contributed by atoms with Crippen molar-refractivity contribution in [2.45, 2.75) is 30.5 Å². The number of benzene rings is 2. The molecule has 0 unspecified atom stereocenters. The molecule has 10 nitrogen and oxygen atoms in total. The molecule has 0 bridgehead atoms. The van der Waals surface area contributed by atoms with Crippen LogP contribution in [0.25, 0.3) is 21.5 Å². The number of halogens is 2. The molecule has 2 N–H and O–H groups in total. The molecule has 1 aliphatic heterocycles. The number of aromatic nitrogens is 4. The number of amides is 1. The highest BCUT2D eigenvalue weighted by atomic mass is 35.5. The first-order valence-corrected chi connectivity index (χ1v) is 12.9. The Labute approximate surface area is 226 Å². The van der Waals surface area contributed by atoms with Gasteiger partial charge in [-0.2, -0.15) is 0 Å². The van der Waals surface area contributed by atoms with Crippen molar-refractivity contribution in [2.24, 2.45) is 0 Å². The lowest BCUT2D eigenvalue weighted by molar-refractivity contribution is -0.211. The first kappa shape index (κ1) is 26.0. The van der Waals surface area contributed by atoms with E-state index >= 15 is 0 Å². The standard InChI is InChI=1S/C24H23Cl2N5O5S/c1-30(13-4-6-16-19(8-13)37-11-27-16)24(34)23-22(35-2)20(21(33)18(10-32)36-23)31-9-17(28-29-31)12-3-5-14(25)15(26)7-12/h3-9,11,18,20-23,32-33H,10H2,1-2H3/t18-,20+,21+,22-,23-/m1/s1. The van der Waals surface area contributed by atoms with Gasteiger partial charge in [0.15, 0.2) is 6.10 Å². The van der Waals surface area contributed by atoms with E-state index in [2.05, 4.69) is 15.3 Å². The number of hydrogen-bond acceptors (Lipinski definition) is 9. The summed E-state index contributed by atoms with van der Waals surface area (Å²) >= 11 is 13.6. The van der Waals surface area contributed by atoms with Gasteiger partial charge < -0.3 is 24.6 Å². The highest BCUT2D eigenvalue weighted by Crippen LogP contribution is 2.35. The minimum Gasteiger partial charge on any atom is -0.394 e. The van der Waals surface area contributed by atoms with E-state index in [1.807, 2.05) is 12.1 Å². The zero-order valence-electron chi connectivity index (χ0n) is 19.7. The van der Waals surface area contributed by atoms with Crippen LogP contribution < -0.4 is 4.90 Å². The number of hydrogen-bond donors (Lipinski definition) is 2. The third-order valence-electron chi connectivity index (χ3n) is 6.45. The van der Waals surface area contributed by atoms with E-state index in [9.17, 15) is 15.0 Å². The fourth-order valence-electron chi connectivity index (χ4n) is 4.44. The topological polar surface area (TPSA) is 123 Å². The van der Waals surface area contributed by atoms with Gasteiger partial charge in [-0.25, -0.2) is 9.67 Å². The second kappa shape index (κ2) is 10.6. The molecule has 0 radical (unpaired) electrons. The number of rotatable bonds is 6. The molecule has 2 aromatic heterocycles. The smallest absolute Gasteiger partial charge is 0.258 e. The SMILES string of the molecule is CO[C@@H]1[C@@H](n2cc(-c3ccc(Cl)c(Cl)c3)nn2)[C@@H](O)[C@@H](CO)O[C@H]1C(=O)N(C)c1ccc2ncsc2c1. The Hall–Kier alpha value is -2.64. The van der Waals surface area contributed by atoms with Crippen LogP contribution in [-0.4, -0.2) is 81.3 Å². The van der Waals surface area contributed by atoms with Gasteiger partial charge in [-0.15, -0.1) is 16.4 Å². The van der Waals surface area contributed by atoms with Gasteiger partial charge >= 0.3 is 0 Å². The molecule has 194 valence electrons. The molecule has 37 heavy (non-hydrogen) atoms. The van der Waals surface area contributed by atoms with Crippen molar-refractivity contribution in [2.75, 3.05) is 25.7 Å². The second-order valence-corrected chi connectivity index (χ2v) is 10.3. The Morgan fingerprint density at radius 3 is 2.78 bits per heavy atom. The summed E-state index contributed by atoms with van der Waals surface area (Å²) in [5.41, 5.74) is 4.37. The maximum atomic E-state index is 13.7. The Morgan fingerprint density at radius 1 is 1.24 bits per heavy atom. The lowest BCUT2D eigenvalue weighted by Gasteiger charge is -2.43. The summed E-state index contributed by atoms with van der Waals surface area (Å²) in [6.07, 6.45) is -2.76. The number of thiazole rings is 1. The van der Waals surface area contributed by atoms with Crippen molar-refractivity contribution in [1.29, 1.82) is 0 Å². The van der Waals surface area contributed by atoms with Gasteiger partial charge in [0.1, 0.15) is 30.0 Å². The van der Waals surface area contributed by atoms with Crippen molar-refractivity contribution in [3.05, 3.63) is 58.2 Å². The highest BCUT2D eigenvalue weighted by molar-refractivity contribution is 7.16. The molecule has 1 aliphatic rings. The van der Waals surface area contributed by atoms with Gasteiger partial charge in [0, 0.05) is 25.4 Å². The number of anilines is 1. The summed E-state index contributed by atoms with van der Waals surface area (Å²) in [7, 11) is 3.06. The van der Waals surface area contributed by atoms with Crippen LogP contribution in [0.5, 0.6) is 0 Å². The highest BCUT2D eigenvalue weighted by Gasteiger charge is 2.50. The molecule has 1 fully saturated rings. The van der Waals surface area contributed by atoms with E-state index in [0.29, 0.717) is 27.0 Å². The van der Waals surface area contributed by atoms with Gasteiger partial charge in [-0.3, -0.25) is 4.79 Å². The predicted octanol–water partition coefficient (Wildman–Crippen LogP) is 3.20. The van der Waals surface area contributed by atoms with E-state index < -0.39 is 43.0 Å². The van der Waals surface area contributed by atoms with Crippen LogP contribution in [-0.2, 0) is 14.3 Å². The molecule has 2 aromatic carbocycles. The summed E-state index contributed by atoms with van der Waals surface area (Å²) in [6, 6.07) is 9.66. The molecular weight excluding hydrogens is 541 g/mol. The Balaban J connectivity index is 1.47. The Morgan fingerprint density at radius 2 is 2.05 bits per heavy atom. The van der Waals surface area contributed by atoms with Crippen molar-refractivity contribution in [3.8, 4) is 11.3 Å². The van der Waals surface area contributed by atoms with E-state index in [-0.39, 0.29) is 0 Å². The largest absolute Gasteiger partial charge is 0.394 e. The van der Waals surface area contributed by atoms with Crippen molar-refractivity contribution in [3.63, 3.8) is 0 Å². The summed E-state index contributed by atoms with van der Waals surface area (Å²) in [4.78, 5) is 19.4. The summed E-state index contributed by atoms with van der Waals surface area (Å²) in [6.45, 7) is -0.511. The normalized spacial score (nSPS) is 23.9.